The van der Waals surface area contributed by atoms with Gasteiger partial charge in [-0.15, -0.1) is 0 Å². The molecule has 0 unspecified atom stereocenters. The highest BCUT2D eigenvalue weighted by atomic mass is 35.5. The van der Waals surface area contributed by atoms with Gasteiger partial charge in [-0.05, 0) is 5.92 Å². The number of amides is 1. The lowest BCUT2D eigenvalue weighted by Crippen LogP contribution is -2.16. The Morgan fingerprint density at radius 2 is 2.33 bits per heavy atom. The Hall–Kier alpha value is -0.440. The van der Waals surface area contributed by atoms with Crippen LogP contribution in [0.15, 0.2) is 0 Å². The number of halogens is 1. The van der Waals surface area contributed by atoms with Crippen LogP contribution in [0, 0.1) is 5.92 Å². The average molecular weight is 152 g/mol. The second-order valence-electron chi connectivity index (χ2n) is 2.09. The minimum absolute atomic E-state index is 0.346. The first-order chi connectivity index (χ1) is 4.16. The highest BCUT2D eigenvalue weighted by molar-refractivity contribution is 6.20. The van der Waals surface area contributed by atoms with Crippen molar-refractivity contribution in [2.24, 2.45) is 5.92 Å². The Morgan fingerprint density at radius 3 is 2.67 bits per heavy atom. The van der Waals surface area contributed by atoms with Gasteiger partial charge >= 0.3 is 6.09 Å². The number of rotatable bonds is 2. The second kappa shape index (κ2) is 4.44. The molecule has 0 aromatic rings. The first kappa shape index (κ1) is 8.56. The average Bonchev–Trinajstić information content (AvgIpc) is 1.83. The van der Waals surface area contributed by atoms with Gasteiger partial charge in [-0.3, -0.25) is 0 Å². The Kier molecular flexibility index (Phi) is 4.22. The number of nitrogens with one attached hydrogen (secondary N) is 1. The minimum atomic E-state index is -0.592. The maximum atomic E-state index is 10.3. The molecule has 0 aromatic carbocycles. The van der Waals surface area contributed by atoms with Gasteiger partial charge in [-0.1, -0.05) is 13.8 Å². The first-order valence-electron chi connectivity index (χ1n) is 2.70. The van der Waals surface area contributed by atoms with Gasteiger partial charge in [0.05, 0.1) is 6.61 Å². The lowest BCUT2D eigenvalue weighted by atomic mass is 10.2. The maximum Gasteiger partial charge on any atom is 0.421 e. The molecule has 0 aliphatic heterocycles. The van der Waals surface area contributed by atoms with Crippen LogP contribution in [-0.2, 0) is 4.74 Å². The van der Waals surface area contributed by atoms with Crippen molar-refractivity contribution in [1.82, 2.24) is 4.84 Å². The van der Waals surface area contributed by atoms with E-state index < -0.39 is 6.09 Å². The van der Waals surface area contributed by atoms with Crippen LogP contribution in [0.5, 0.6) is 0 Å². The van der Waals surface area contributed by atoms with Gasteiger partial charge in [0.25, 0.3) is 0 Å². The van der Waals surface area contributed by atoms with Crippen LogP contribution >= 0.6 is 11.8 Å². The van der Waals surface area contributed by atoms with Crippen LogP contribution in [0.3, 0.4) is 0 Å². The zero-order chi connectivity index (χ0) is 7.28. The summed E-state index contributed by atoms with van der Waals surface area (Å²) in [7, 11) is 0. The Labute approximate surface area is 59.4 Å². The zero-order valence-corrected chi connectivity index (χ0v) is 6.23. The number of hydrogen-bond acceptors (Lipinski definition) is 2. The minimum Gasteiger partial charge on any atom is -0.448 e. The molecule has 1 N–H and O–H groups in total. The van der Waals surface area contributed by atoms with Crippen LogP contribution in [0.4, 0.5) is 4.79 Å². The molecule has 3 nitrogen and oxygen atoms in total. The van der Waals surface area contributed by atoms with Crippen LogP contribution in [0.2, 0.25) is 0 Å². The van der Waals surface area contributed by atoms with Crippen molar-refractivity contribution >= 4 is 17.9 Å². The molecule has 0 aromatic heterocycles. The molecule has 54 valence electrons. The molecular weight excluding hydrogens is 142 g/mol. The number of hydrogen-bond donors (Lipinski definition) is 1. The molecule has 0 heterocycles. The van der Waals surface area contributed by atoms with E-state index in [9.17, 15) is 4.79 Å². The van der Waals surface area contributed by atoms with Crippen LogP contribution in [0.25, 0.3) is 0 Å². The molecule has 9 heavy (non-hydrogen) atoms. The Balaban J connectivity index is 3.17. The molecule has 1 amide bonds. The zero-order valence-electron chi connectivity index (χ0n) is 5.48. The van der Waals surface area contributed by atoms with Gasteiger partial charge in [-0.25, -0.2) is 9.63 Å². The first-order valence-corrected chi connectivity index (χ1v) is 3.08. The van der Waals surface area contributed by atoms with E-state index in [1.54, 1.807) is 0 Å². The van der Waals surface area contributed by atoms with Gasteiger partial charge in [-0.2, -0.15) is 0 Å². The van der Waals surface area contributed by atoms with E-state index in [1.165, 1.54) is 0 Å². The quantitative estimate of drug-likeness (QED) is 0.608. The predicted molar refractivity (Wildman–Crippen MR) is 35.2 cm³/mol. The van der Waals surface area contributed by atoms with Crippen molar-refractivity contribution < 1.29 is 9.53 Å². The standard InChI is InChI=1S/C5H10ClNO2/c1-4(2)3-9-5(8)7-6/h4H,3H2,1-2H3,(H,7,8). The smallest absolute Gasteiger partial charge is 0.421 e. The molecule has 0 saturated heterocycles. The van der Waals surface area contributed by atoms with E-state index >= 15 is 0 Å². The lowest BCUT2D eigenvalue weighted by molar-refractivity contribution is 0.139. The molecule has 0 bridgehead atoms. The molecule has 0 radical (unpaired) electrons. The van der Waals surface area contributed by atoms with E-state index in [0.717, 1.165) is 0 Å². The fourth-order valence-corrected chi connectivity index (χ4v) is 0.324. The molecule has 0 spiro atoms. The SMILES string of the molecule is CC(C)COC(=O)NCl. The van der Waals surface area contributed by atoms with Crippen molar-refractivity contribution in [2.45, 2.75) is 13.8 Å². The maximum absolute atomic E-state index is 10.3. The van der Waals surface area contributed by atoms with E-state index in [1.807, 2.05) is 18.7 Å². The van der Waals surface area contributed by atoms with Crippen molar-refractivity contribution in [1.29, 1.82) is 0 Å². The fraction of sp³-hybridized carbons (Fsp3) is 0.800. The van der Waals surface area contributed by atoms with Crippen molar-refractivity contribution in [3.8, 4) is 0 Å². The predicted octanol–water partition coefficient (Wildman–Crippen LogP) is 1.52. The van der Waals surface area contributed by atoms with Gasteiger partial charge in [0, 0.05) is 11.8 Å². The Bertz CT molecular complexity index is 95.0. The molecule has 0 fully saturated rings. The van der Waals surface area contributed by atoms with Crippen LogP contribution < -0.4 is 4.84 Å². The van der Waals surface area contributed by atoms with Gasteiger partial charge in [0.1, 0.15) is 0 Å². The summed E-state index contributed by atoms with van der Waals surface area (Å²) < 4.78 is 4.57. The van der Waals surface area contributed by atoms with E-state index in [2.05, 4.69) is 4.74 Å². The molecular formula is C5H10ClNO2. The molecule has 0 saturated carbocycles. The summed E-state index contributed by atoms with van der Waals surface area (Å²) in [6, 6.07) is 0. The second-order valence-corrected chi connectivity index (χ2v) is 2.28. The molecule has 0 atom stereocenters. The summed E-state index contributed by atoms with van der Waals surface area (Å²) in [5.41, 5.74) is 0. The number of carbonyl (C=O) groups is 1. The molecule has 4 heteroatoms. The third-order valence-corrected chi connectivity index (χ3v) is 0.779. The number of ether oxygens (including phenoxy) is 1. The molecule has 0 aliphatic carbocycles. The lowest BCUT2D eigenvalue weighted by Gasteiger charge is -2.03. The number of carbonyl (C=O) groups excluding carboxylic acids is 1. The summed E-state index contributed by atoms with van der Waals surface area (Å²) in [6.45, 7) is 4.29. The normalized spacial score (nSPS) is 9.33. The third kappa shape index (κ3) is 5.43. The summed E-state index contributed by atoms with van der Waals surface area (Å²) in [5, 5.41) is 0. The Morgan fingerprint density at radius 1 is 1.78 bits per heavy atom. The monoisotopic (exact) mass is 151 g/mol. The van der Waals surface area contributed by atoms with Gasteiger partial charge < -0.3 is 4.74 Å². The topological polar surface area (TPSA) is 38.3 Å². The van der Waals surface area contributed by atoms with Crippen molar-refractivity contribution in [3.63, 3.8) is 0 Å². The van der Waals surface area contributed by atoms with Crippen molar-refractivity contribution in [3.05, 3.63) is 0 Å². The largest absolute Gasteiger partial charge is 0.448 e. The fourth-order valence-electron chi connectivity index (χ4n) is 0.270. The van der Waals surface area contributed by atoms with Crippen LogP contribution in [-0.4, -0.2) is 12.7 Å². The summed E-state index contributed by atoms with van der Waals surface area (Å²) >= 11 is 4.91. The highest BCUT2D eigenvalue weighted by Crippen LogP contribution is 1.92. The molecule has 0 rings (SSSR count). The van der Waals surface area contributed by atoms with Crippen molar-refractivity contribution in [2.75, 3.05) is 6.61 Å². The molecule has 0 aliphatic rings. The van der Waals surface area contributed by atoms with E-state index in [4.69, 9.17) is 11.8 Å². The van der Waals surface area contributed by atoms with Gasteiger partial charge in [0.15, 0.2) is 0 Å². The third-order valence-electron chi connectivity index (χ3n) is 0.625. The summed E-state index contributed by atoms with van der Waals surface area (Å²) in [4.78, 5) is 12.1. The van der Waals surface area contributed by atoms with E-state index in [0.29, 0.717) is 12.5 Å². The van der Waals surface area contributed by atoms with Crippen LogP contribution in [0.1, 0.15) is 13.8 Å². The summed E-state index contributed by atoms with van der Waals surface area (Å²) in [6.07, 6.45) is -0.592. The van der Waals surface area contributed by atoms with E-state index in [-0.39, 0.29) is 0 Å². The van der Waals surface area contributed by atoms with Gasteiger partial charge in [0.2, 0.25) is 0 Å². The highest BCUT2D eigenvalue weighted by Gasteiger charge is 1.99. The summed E-state index contributed by atoms with van der Waals surface area (Å²) in [5.74, 6) is 0.346.